The maximum atomic E-state index is 9.50. The summed E-state index contributed by atoms with van der Waals surface area (Å²) in [5, 5.41) is 9.50. The zero-order valence-electron chi connectivity index (χ0n) is 8.62. The molecule has 0 aliphatic heterocycles. The van der Waals surface area contributed by atoms with E-state index in [4.69, 9.17) is 4.74 Å². The third kappa shape index (κ3) is 2.49. The van der Waals surface area contributed by atoms with Crippen molar-refractivity contribution in [3.8, 4) is 5.75 Å². The van der Waals surface area contributed by atoms with E-state index in [0.29, 0.717) is 0 Å². The highest BCUT2D eigenvalue weighted by Crippen LogP contribution is 2.30. The van der Waals surface area contributed by atoms with Crippen LogP contribution >= 0.6 is 15.9 Å². The average molecular weight is 259 g/mol. The third-order valence-corrected chi connectivity index (χ3v) is 3.14. The van der Waals surface area contributed by atoms with Gasteiger partial charge in [-0.2, -0.15) is 0 Å². The number of halogens is 1. The van der Waals surface area contributed by atoms with Crippen LogP contribution in [0.4, 0.5) is 0 Å². The molecule has 1 aromatic rings. The summed E-state index contributed by atoms with van der Waals surface area (Å²) in [5.41, 5.74) is 1.07. The minimum atomic E-state index is -0.363. The Labute approximate surface area is 93.0 Å². The predicted molar refractivity (Wildman–Crippen MR) is 60.8 cm³/mol. The van der Waals surface area contributed by atoms with E-state index < -0.39 is 0 Å². The Kier molecular flexibility index (Phi) is 3.96. The topological polar surface area (TPSA) is 29.5 Å². The van der Waals surface area contributed by atoms with Crippen molar-refractivity contribution in [3.63, 3.8) is 0 Å². The van der Waals surface area contributed by atoms with Gasteiger partial charge in [-0.3, -0.25) is 0 Å². The lowest BCUT2D eigenvalue weighted by atomic mass is 9.96. The van der Waals surface area contributed by atoms with E-state index in [9.17, 15) is 5.11 Å². The van der Waals surface area contributed by atoms with E-state index in [1.807, 2.05) is 25.1 Å². The van der Waals surface area contributed by atoms with E-state index in [2.05, 4.69) is 15.9 Å². The molecule has 0 aromatic heterocycles. The molecule has 78 valence electrons. The second-order valence-electron chi connectivity index (χ2n) is 3.42. The molecule has 0 heterocycles. The number of benzene rings is 1. The van der Waals surface area contributed by atoms with Crippen LogP contribution in [0.25, 0.3) is 0 Å². The molecule has 2 nitrogen and oxygen atoms in total. The van der Waals surface area contributed by atoms with Crippen molar-refractivity contribution in [3.05, 3.63) is 28.2 Å². The number of rotatable bonds is 3. The monoisotopic (exact) mass is 258 g/mol. The highest BCUT2D eigenvalue weighted by atomic mass is 79.9. The summed E-state index contributed by atoms with van der Waals surface area (Å²) in [5.74, 6) is 0.912. The molecule has 14 heavy (non-hydrogen) atoms. The van der Waals surface area contributed by atoms with Gasteiger partial charge in [-0.1, -0.05) is 22.9 Å². The summed E-state index contributed by atoms with van der Waals surface area (Å²) in [6, 6.07) is 5.77. The minimum absolute atomic E-state index is 0.0967. The first-order chi connectivity index (χ1) is 6.56. The van der Waals surface area contributed by atoms with Gasteiger partial charge in [0.2, 0.25) is 0 Å². The van der Waals surface area contributed by atoms with Gasteiger partial charge in [0.1, 0.15) is 5.75 Å². The molecule has 0 saturated carbocycles. The van der Waals surface area contributed by atoms with Crippen molar-refractivity contribution in [2.75, 3.05) is 7.11 Å². The van der Waals surface area contributed by atoms with Crippen molar-refractivity contribution in [2.24, 2.45) is 0 Å². The molecular weight excluding hydrogens is 244 g/mol. The van der Waals surface area contributed by atoms with Gasteiger partial charge in [-0.05, 0) is 30.7 Å². The van der Waals surface area contributed by atoms with Gasteiger partial charge in [-0.15, -0.1) is 0 Å². The van der Waals surface area contributed by atoms with E-state index in [1.54, 1.807) is 14.0 Å². The Morgan fingerprint density at radius 1 is 1.36 bits per heavy atom. The Morgan fingerprint density at radius 2 is 2.00 bits per heavy atom. The Morgan fingerprint density at radius 3 is 2.50 bits per heavy atom. The fourth-order valence-corrected chi connectivity index (χ4v) is 1.87. The SMILES string of the molecule is COc1ccc(Br)c(C(C)C(C)O)c1. The van der Waals surface area contributed by atoms with Gasteiger partial charge in [0, 0.05) is 10.4 Å². The third-order valence-electron chi connectivity index (χ3n) is 2.42. The zero-order valence-corrected chi connectivity index (χ0v) is 10.2. The van der Waals surface area contributed by atoms with Crippen LogP contribution in [-0.2, 0) is 0 Å². The van der Waals surface area contributed by atoms with E-state index in [0.717, 1.165) is 15.8 Å². The molecule has 0 amide bonds. The van der Waals surface area contributed by atoms with Crippen LogP contribution in [0.15, 0.2) is 22.7 Å². The molecular formula is C11H15BrO2. The number of hydrogen-bond acceptors (Lipinski definition) is 2. The highest BCUT2D eigenvalue weighted by Gasteiger charge is 2.15. The lowest BCUT2D eigenvalue weighted by molar-refractivity contribution is 0.168. The zero-order chi connectivity index (χ0) is 10.7. The average Bonchev–Trinajstić information content (AvgIpc) is 2.17. The number of hydrogen-bond donors (Lipinski definition) is 1. The van der Waals surface area contributed by atoms with Gasteiger partial charge < -0.3 is 9.84 Å². The van der Waals surface area contributed by atoms with E-state index >= 15 is 0 Å². The molecule has 0 fully saturated rings. The van der Waals surface area contributed by atoms with Gasteiger partial charge in [0.05, 0.1) is 13.2 Å². The number of methoxy groups -OCH3 is 1. The first-order valence-electron chi connectivity index (χ1n) is 4.57. The largest absolute Gasteiger partial charge is 0.497 e. The van der Waals surface area contributed by atoms with E-state index in [-0.39, 0.29) is 12.0 Å². The molecule has 0 spiro atoms. The minimum Gasteiger partial charge on any atom is -0.497 e. The molecule has 2 atom stereocenters. The first-order valence-corrected chi connectivity index (χ1v) is 5.37. The summed E-state index contributed by atoms with van der Waals surface area (Å²) in [6.07, 6.45) is -0.363. The number of aliphatic hydroxyl groups is 1. The normalized spacial score (nSPS) is 14.9. The molecule has 0 saturated heterocycles. The fraction of sp³-hybridized carbons (Fsp3) is 0.455. The summed E-state index contributed by atoms with van der Waals surface area (Å²) < 4.78 is 6.14. The fourth-order valence-electron chi connectivity index (χ4n) is 1.26. The molecule has 0 bridgehead atoms. The van der Waals surface area contributed by atoms with Crippen molar-refractivity contribution in [1.29, 1.82) is 0 Å². The lowest BCUT2D eigenvalue weighted by Gasteiger charge is -2.17. The summed E-state index contributed by atoms with van der Waals surface area (Å²) in [4.78, 5) is 0. The molecule has 1 aromatic carbocycles. The molecule has 1 N–H and O–H groups in total. The van der Waals surface area contributed by atoms with Crippen LogP contribution in [-0.4, -0.2) is 18.3 Å². The molecule has 0 radical (unpaired) electrons. The van der Waals surface area contributed by atoms with Crippen LogP contribution in [0.5, 0.6) is 5.75 Å². The molecule has 2 unspecified atom stereocenters. The molecule has 0 aliphatic rings. The van der Waals surface area contributed by atoms with Gasteiger partial charge in [-0.25, -0.2) is 0 Å². The number of aliphatic hydroxyl groups excluding tert-OH is 1. The lowest BCUT2D eigenvalue weighted by Crippen LogP contribution is -2.11. The second-order valence-corrected chi connectivity index (χ2v) is 4.27. The second kappa shape index (κ2) is 4.80. The van der Waals surface area contributed by atoms with Gasteiger partial charge >= 0.3 is 0 Å². The van der Waals surface area contributed by atoms with Crippen LogP contribution in [0, 0.1) is 0 Å². The standard InChI is InChI=1S/C11H15BrO2/c1-7(8(2)13)10-6-9(14-3)4-5-11(10)12/h4-8,13H,1-3H3. The smallest absolute Gasteiger partial charge is 0.119 e. The van der Waals surface area contributed by atoms with Crippen molar-refractivity contribution >= 4 is 15.9 Å². The van der Waals surface area contributed by atoms with Gasteiger partial charge in [0.15, 0.2) is 0 Å². The molecule has 1 rings (SSSR count). The maximum absolute atomic E-state index is 9.50. The molecule has 0 aliphatic carbocycles. The van der Waals surface area contributed by atoms with Crippen LogP contribution in [0.2, 0.25) is 0 Å². The summed E-state index contributed by atoms with van der Waals surface area (Å²) in [7, 11) is 1.64. The van der Waals surface area contributed by atoms with Gasteiger partial charge in [0.25, 0.3) is 0 Å². The quantitative estimate of drug-likeness (QED) is 0.904. The Balaban J connectivity index is 3.05. The highest BCUT2D eigenvalue weighted by molar-refractivity contribution is 9.10. The summed E-state index contributed by atoms with van der Waals surface area (Å²) >= 11 is 3.46. The predicted octanol–water partition coefficient (Wildman–Crippen LogP) is 2.94. The van der Waals surface area contributed by atoms with Crippen molar-refractivity contribution in [1.82, 2.24) is 0 Å². The van der Waals surface area contributed by atoms with Crippen LogP contribution in [0.1, 0.15) is 25.3 Å². The van der Waals surface area contributed by atoms with Crippen LogP contribution in [0.3, 0.4) is 0 Å². The maximum Gasteiger partial charge on any atom is 0.119 e. The number of ether oxygens (including phenoxy) is 1. The first kappa shape index (κ1) is 11.5. The van der Waals surface area contributed by atoms with Crippen molar-refractivity contribution in [2.45, 2.75) is 25.9 Å². The Bertz CT molecular complexity index is 310. The van der Waals surface area contributed by atoms with Crippen molar-refractivity contribution < 1.29 is 9.84 Å². The Hall–Kier alpha value is -0.540. The van der Waals surface area contributed by atoms with Crippen LogP contribution < -0.4 is 4.74 Å². The van der Waals surface area contributed by atoms with E-state index in [1.165, 1.54) is 0 Å². The summed E-state index contributed by atoms with van der Waals surface area (Å²) in [6.45, 7) is 3.78. The molecule has 3 heteroatoms.